The van der Waals surface area contributed by atoms with Gasteiger partial charge in [0.25, 0.3) is 10.1 Å². The van der Waals surface area contributed by atoms with E-state index in [4.69, 9.17) is 16.2 Å². The topological polar surface area (TPSA) is 54.4 Å². The van der Waals surface area contributed by atoms with E-state index in [9.17, 15) is 8.42 Å². The van der Waals surface area contributed by atoms with E-state index in [2.05, 4.69) is 27.7 Å². The zero-order chi connectivity index (χ0) is 14.7. The molecular formula is C12H29ClNO3S+. The summed E-state index contributed by atoms with van der Waals surface area (Å²) in [5.41, 5.74) is 0. The van der Waals surface area contributed by atoms with Gasteiger partial charge in [-0.25, -0.2) is 0 Å². The Labute approximate surface area is 118 Å². The Morgan fingerprint density at radius 2 is 1.33 bits per heavy atom. The summed E-state index contributed by atoms with van der Waals surface area (Å²) >= 11 is 5.25. The van der Waals surface area contributed by atoms with Crippen molar-refractivity contribution in [1.82, 2.24) is 0 Å². The summed E-state index contributed by atoms with van der Waals surface area (Å²) in [6.07, 6.45) is 1.06. The predicted molar refractivity (Wildman–Crippen MR) is 78.8 cm³/mol. The molecule has 112 valence electrons. The van der Waals surface area contributed by atoms with Crippen LogP contribution in [0.25, 0.3) is 0 Å². The molecule has 0 heterocycles. The predicted octanol–water partition coefficient (Wildman–Crippen LogP) is 2.78. The first-order valence-electron chi connectivity index (χ1n) is 6.67. The van der Waals surface area contributed by atoms with Gasteiger partial charge in [-0.05, 0) is 40.5 Å². The third-order valence-corrected chi connectivity index (χ3v) is 4.54. The quantitative estimate of drug-likeness (QED) is 0.325. The van der Waals surface area contributed by atoms with Crippen molar-refractivity contribution in [1.29, 1.82) is 0 Å². The van der Waals surface area contributed by atoms with Crippen LogP contribution in [0.2, 0.25) is 0 Å². The van der Waals surface area contributed by atoms with E-state index in [1.54, 1.807) is 0 Å². The monoisotopic (exact) mass is 302 g/mol. The van der Waals surface area contributed by atoms with E-state index >= 15 is 0 Å². The third-order valence-electron chi connectivity index (χ3n) is 3.47. The van der Waals surface area contributed by atoms with Crippen LogP contribution in [0.15, 0.2) is 0 Å². The largest absolute Gasteiger partial charge is 0.325 e. The summed E-state index contributed by atoms with van der Waals surface area (Å²) in [4.78, 5) is 0. The standard InChI is InChI=1S/C8H20N.C4H9ClO3S/c1-5-9(6-2,7-3)8-4;5-3-1-2-4-9(6,7)8/h5-8H2,1-4H3;1-4H2,(H,6,7,8)/q+1;. The van der Waals surface area contributed by atoms with Crippen molar-refractivity contribution in [3.63, 3.8) is 0 Å². The van der Waals surface area contributed by atoms with Crippen LogP contribution < -0.4 is 0 Å². The molecule has 0 aliphatic heterocycles. The van der Waals surface area contributed by atoms with Crippen molar-refractivity contribution < 1.29 is 17.5 Å². The highest BCUT2D eigenvalue weighted by atomic mass is 35.5. The fourth-order valence-corrected chi connectivity index (χ4v) is 2.48. The summed E-state index contributed by atoms with van der Waals surface area (Å²) in [7, 11) is -3.76. The highest BCUT2D eigenvalue weighted by Gasteiger charge is 2.16. The van der Waals surface area contributed by atoms with E-state index in [0.29, 0.717) is 18.7 Å². The van der Waals surface area contributed by atoms with Crippen molar-refractivity contribution in [3.05, 3.63) is 0 Å². The molecule has 0 aromatic carbocycles. The second kappa shape index (κ2) is 11.0. The first-order valence-corrected chi connectivity index (χ1v) is 8.81. The van der Waals surface area contributed by atoms with Crippen molar-refractivity contribution >= 4 is 21.7 Å². The molecule has 0 bridgehead atoms. The number of quaternary nitrogens is 1. The van der Waals surface area contributed by atoms with Crippen LogP contribution in [-0.2, 0) is 10.1 Å². The van der Waals surface area contributed by atoms with Gasteiger partial charge in [0.15, 0.2) is 0 Å². The average molecular weight is 303 g/mol. The molecular weight excluding hydrogens is 274 g/mol. The molecule has 0 aliphatic rings. The Bertz CT molecular complexity index is 260. The van der Waals surface area contributed by atoms with E-state index < -0.39 is 10.1 Å². The fraction of sp³-hybridized carbons (Fsp3) is 1.00. The maximum atomic E-state index is 10.0. The van der Waals surface area contributed by atoms with Crippen molar-refractivity contribution in [2.45, 2.75) is 40.5 Å². The molecule has 18 heavy (non-hydrogen) atoms. The molecule has 0 radical (unpaired) electrons. The molecule has 0 spiro atoms. The summed E-state index contributed by atoms with van der Waals surface area (Å²) in [6, 6.07) is 0. The van der Waals surface area contributed by atoms with Gasteiger partial charge in [0.05, 0.1) is 31.9 Å². The van der Waals surface area contributed by atoms with Gasteiger partial charge in [-0.3, -0.25) is 4.55 Å². The Morgan fingerprint density at radius 3 is 1.50 bits per heavy atom. The molecule has 0 atom stereocenters. The fourth-order valence-electron chi connectivity index (χ4n) is 1.72. The van der Waals surface area contributed by atoms with Gasteiger partial charge in [0.2, 0.25) is 0 Å². The lowest BCUT2D eigenvalue weighted by molar-refractivity contribution is -0.921. The van der Waals surface area contributed by atoms with Crippen molar-refractivity contribution in [2.24, 2.45) is 0 Å². The number of alkyl halides is 1. The first-order chi connectivity index (χ1) is 8.30. The van der Waals surface area contributed by atoms with E-state index in [0.717, 1.165) is 0 Å². The van der Waals surface area contributed by atoms with Gasteiger partial charge >= 0.3 is 0 Å². The zero-order valence-electron chi connectivity index (χ0n) is 12.2. The van der Waals surface area contributed by atoms with E-state index in [-0.39, 0.29) is 5.75 Å². The smallest absolute Gasteiger partial charge is 0.264 e. The molecule has 6 heteroatoms. The molecule has 0 aromatic heterocycles. The van der Waals surface area contributed by atoms with E-state index in [1.807, 2.05) is 0 Å². The Hall–Kier alpha value is 0.160. The maximum absolute atomic E-state index is 10.0. The number of halogens is 1. The number of unbranched alkanes of at least 4 members (excludes halogenated alkanes) is 1. The molecule has 0 amide bonds. The minimum atomic E-state index is -3.76. The lowest BCUT2D eigenvalue weighted by Crippen LogP contribution is -2.47. The Balaban J connectivity index is 0. The molecule has 0 saturated heterocycles. The van der Waals surface area contributed by atoms with Crippen molar-refractivity contribution in [3.8, 4) is 0 Å². The molecule has 0 aliphatic carbocycles. The van der Waals surface area contributed by atoms with Gasteiger partial charge in [-0.2, -0.15) is 8.42 Å². The second-order valence-electron chi connectivity index (χ2n) is 4.29. The van der Waals surface area contributed by atoms with Gasteiger partial charge in [0, 0.05) is 5.88 Å². The maximum Gasteiger partial charge on any atom is 0.264 e. The zero-order valence-corrected chi connectivity index (χ0v) is 13.7. The molecule has 0 aromatic rings. The Morgan fingerprint density at radius 1 is 0.944 bits per heavy atom. The van der Waals surface area contributed by atoms with Crippen LogP contribution in [-0.4, -0.2) is 55.3 Å². The summed E-state index contributed by atoms with van der Waals surface area (Å²) in [6.45, 7) is 14.2. The number of hydrogen-bond donors (Lipinski definition) is 1. The minimum absolute atomic E-state index is 0.181. The van der Waals surface area contributed by atoms with Crippen LogP contribution in [0.1, 0.15) is 40.5 Å². The lowest BCUT2D eigenvalue weighted by Gasteiger charge is -2.34. The first kappa shape index (κ1) is 20.5. The van der Waals surface area contributed by atoms with Crippen LogP contribution in [0.3, 0.4) is 0 Å². The van der Waals surface area contributed by atoms with Crippen LogP contribution in [0, 0.1) is 0 Å². The minimum Gasteiger partial charge on any atom is -0.325 e. The van der Waals surface area contributed by atoms with Crippen LogP contribution in [0.4, 0.5) is 0 Å². The molecule has 0 unspecified atom stereocenters. The SMILES string of the molecule is CC[N+](CC)(CC)CC.O=S(=O)(O)CCCCCl. The van der Waals surface area contributed by atoms with Crippen LogP contribution in [0.5, 0.6) is 0 Å². The average Bonchev–Trinajstić information content (AvgIpc) is 2.32. The number of nitrogens with zero attached hydrogens (tertiary/aromatic N) is 1. The molecule has 0 saturated carbocycles. The highest BCUT2D eigenvalue weighted by molar-refractivity contribution is 7.85. The molecule has 0 rings (SSSR count). The summed E-state index contributed by atoms with van der Waals surface area (Å²) in [5.74, 6) is 0.259. The van der Waals surface area contributed by atoms with Gasteiger partial charge in [0.1, 0.15) is 0 Å². The summed E-state index contributed by atoms with van der Waals surface area (Å²) in [5, 5.41) is 0. The van der Waals surface area contributed by atoms with Gasteiger partial charge in [-0.1, -0.05) is 0 Å². The van der Waals surface area contributed by atoms with Crippen molar-refractivity contribution in [2.75, 3.05) is 37.8 Å². The Kier molecular flexibility index (Phi) is 12.5. The lowest BCUT2D eigenvalue weighted by atomic mass is 10.3. The van der Waals surface area contributed by atoms with Crippen LogP contribution >= 0.6 is 11.6 Å². The molecule has 4 nitrogen and oxygen atoms in total. The van der Waals surface area contributed by atoms with Gasteiger partial charge < -0.3 is 4.48 Å². The second-order valence-corrected chi connectivity index (χ2v) is 6.24. The number of rotatable bonds is 8. The molecule has 0 fully saturated rings. The third kappa shape index (κ3) is 11.3. The summed E-state index contributed by atoms with van der Waals surface area (Å²) < 4.78 is 29.5. The normalized spacial score (nSPS) is 11.9. The van der Waals surface area contributed by atoms with Gasteiger partial charge in [-0.15, -0.1) is 11.6 Å². The number of hydrogen-bond acceptors (Lipinski definition) is 2. The highest BCUT2D eigenvalue weighted by Crippen LogP contribution is 2.03. The van der Waals surface area contributed by atoms with E-state index in [1.165, 1.54) is 30.7 Å². The molecule has 1 N–H and O–H groups in total.